The number of carbonyl (C=O) groups is 1. The van der Waals surface area contributed by atoms with Gasteiger partial charge in [0.2, 0.25) is 0 Å². The lowest BCUT2D eigenvalue weighted by Crippen LogP contribution is -2.22. The molecule has 0 fully saturated rings. The molecule has 1 aromatic carbocycles. The summed E-state index contributed by atoms with van der Waals surface area (Å²) in [6.07, 6.45) is 2.22. The standard InChI is InChI=1S/C13H19NO2S/c1-4-13(15)11-5-7-12(8-6-11)14-10(2)9-17(3)16/h5-8,10,14H,4,9H2,1-3H3. The van der Waals surface area contributed by atoms with Crippen LogP contribution >= 0.6 is 0 Å². The summed E-state index contributed by atoms with van der Waals surface area (Å²) in [5.74, 6) is 0.773. The topological polar surface area (TPSA) is 46.2 Å². The van der Waals surface area contributed by atoms with Crippen LogP contribution in [0.5, 0.6) is 0 Å². The minimum Gasteiger partial charge on any atom is -0.382 e. The molecule has 0 heterocycles. The van der Waals surface area contributed by atoms with Gasteiger partial charge in [0.25, 0.3) is 0 Å². The Balaban J connectivity index is 2.62. The molecule has 2 unspecified atom stereocenters. The molecule has 0 bridgehead atoms. The third kappa shape index (κ3) is 4.69. The van der Waals surface area contributed by atoms with Crippen molar-refractivity contribution < 1.29 is 9.00 Å². The van der Waals surface area contributed by atoms with Crippen LogP contribution < -0.4 is 5.32 Å². The number of carbonyl (C=O) groups excluding carboxylic acids is 1. The lowest BCUT2D eigenvalue weighted by molar-refractivity contribution is 0.0988. The monoisotopic (exact) mass is 253 g/mol. The van der Waals surface area contributed by atoms with E-state index >= 15 is 0 Å². The van der Waals surface area contributed by atoms with E-state index < -0.39 is 10.8 Å². The molecule has 0 aliphatic rings. The second kappa shape index (κ2) is 6.55. The Kier molecular flexibility index (Phi) is 5.35. The van der Waals surface area contributed by atoms with Crippen molar-refractivity contribution in [2.75, 3.05) is 17.3 Å². The van der Waals surface area contributed by atoms with E-state index in [1.54, 1.807) is 6.26 Å². The molecule has 1 N–H and O–H groups in total. The zero-order valence-corrected chi connectivity index (χ0v) is 11.3. The van der Waals surface area contributed by atoms with Crippen molar-refractivity contribution in [3.05, 3.63) is 29.8 Å². The van der Waals surface area contributed by atoms with Crippen LogP contribution in [0.15, 0.2) is 24.3 Å². The number of nitrogens with one attached hydrogen (secondary N) is 1. The molecule has 0 aromatic heterocycles. The molecule has 0 aliphatic carbocycles. The van der Waals surface area contributed by atoms with Crippen molar-refractivity contribution >= 4 is 22.3 Å². The van der Waals surface area contributed by atoms with Gasteiger partial charge in [0.1, 0.15) is 0 Å². The smallest absolute Gasteiger partial charge is 0.162 e. The minimum atomic E-state index is -0.799. The highest BCUT2D eigenvalue weighted by Crippen LogP contribution is 2.12. The van der Waals surface area contributed by atoms with Gasteiger partial charge in [-0.3, -0.25) is 9.00 Å². The molecule has 0 aliphatic heterocycles. The molecule has 0 radical (unpaired) electrons. The molecule has 3 nitrogen and oxygen atoms in total. The van der Waals surface area contributed by atoms with Crippen LogP contribution in [0.4, 0.5) is 5.69 Å². The summed E-state index contributed by atoms with van der Waals surface area (Å²) in [5, 5.41) is 3.25. The summed E-state index contributed by atoms with van der Waals surface area (Å²) >= 11 is 0. The molecule has 0 amide bonds. The van der Waals surface area contributed by atoms with Crippen LogP contribution in [0.3, 0.4) is 0 Å². The van der Waals surface area contributed by atoms with E-state index in [2.05, 4.69) is 5.32 Å². The van der Waals surface area contributed by atoms with Crippen LogP contribution in [-0.2, 0) is 10.8 Å². The van der Waals surface area contributed by atoms with Crippen LogP contribution in [-0.4, -0.2) is 28.0 Å². The SMILES string of the molecule is CCC(=O)c1ccc(NC(C)CS(C)=O)cc1. The third-order valence-corrected chi connectivity index (χ3v) is 3.40. The quantitative estimate of drug-likeness (QED) is 0.792. The average Bonchev–Trinajstić information content (AvgIpc) is 2.28. The third-order valence-electron chi connectivity index (χ3n) is 2.43. The summed E-state index contributed by atoms with van der Waals surface area (Å²) in [7, 11) is -0.799. The van der Waals surface area contributed by atoms with Crippen molar-refractivity contribution in [3.8, 4) is 0 Å². The Morgan fingerprint density at radius 3 is 2.41 bits per heavy atom. The Morgan fingerprint density at radius 2 is 1.94 bits per heavy atom. The van der Waals surface area contributed by atoms with Crippen LogP contribution in [0.25, 0.3) is 0 Å². The first-order chi connectivity index (χ1) is 8.02. The van der Waals surface area contributed by atoms with E-state index in [4.69, 9.17) is 0 Å². The number of rotatable bonds is 6. The lowest BCUT2D eigenvalue weighted by atomic mass is 10.1. The van der Waals surface area contributed by atoms with E-state index in [0.717, 1.165) is 11.3 Å². The van der Waals surface area contributed by atoms with Gasteiger partial charge in [-0.05, 0) is 31.2 Å². The largest absolute Gasteiger partial charge is 0.382 e. The van der Waals surface area contributed by atoms with Crippen LogP contribution in [0, 0.1) is 0 Å². The molecular formula is C13H19NO2S. The maximum Gasteiger partial charge on any atom is 0.162 e. The fourth-order valence-corrected chi connectivity index (χ4v) is 2.42. The normalized spacial score (nSPS) is 14.1. The second-order valence-corrected chi connectivity index (χ2v) is 5.62. The van der Waals surface area contributed by atoms with E-state index in [9.17, 15) is 9.00 Å². The van der Waals surface area contributed by atoms with Gasteiger partial charge in [-0.1, -0.05) is 6.92 Å². The molecule has 2 atom stereocenters. The first-order valence-corrected chi connectivity index (χ1v) is 7.45. The van der Waals surface area contributed by atoms with E-state index in [0.29, 0.717) is 12.2 Å². The Hall–Kier alpha value is -1.16. The van der Waals surface area contributed by atoms with Gasteiger partial charge >= 0.3 is 0 Å². The van der Waals surface area contributed by atoms with Crippen molar-refractivity contribution in [2.24, 2.45) is 0 Å². The first kappa shape index (κ1) is 13.9. The van der Waals surface area contributed by atoms with Crippen LogP contribution in [0.2, 0.25) is 0 Å². The summed E-state index contributed by atoms with van der Waals surface area (Å²) < 4.78 is 11.1. The predicted molar refractivity (Wildman–Crippen MR) is 73.1 cm³/mol. The fourth-order valence-electron chi connectivity index (χ4n) is 1.63. The van der Waals surface area contributed by atoms with Gasteiger partial charge in [0.05, 0.1) is 0 Å². The zero-order valence-electron chi connectivity index (χ0n) is 10.5. The van der Waals surface area contributed by atoms with E-state index in [1.807, 2.05) is 38.1 Å². The Labute approximate surface area is 105 Å². The summed E-state index contributed by atoms with van der Waals surface area (Å²) in [6.45, 7) is 3.85. The molecule has 94 valence electrons. The highest BCUT2D eigenvalue weighted by molar-refractivity contribution is 7.84. The summed E-state index contributed by atoms with van der Waals surface area (Å²) in [6, 6.07) is 7.58. The maximum atomic E-state index is 11.4. The predicted octanol–water partition coefficient (Wildman–Crippen LogP) is 2.46. The van der Waals surface area contributed by atoms with E-state index in [1.165, 1.54) is 0 Å². The number of hydrogen-bond acceptors (Lipinski definition) is 3. The maximum absolute atomic E-state index is 11.4. The van der Waals surface area contributed by atoms with Gasteiger partial charge in [-0.2, -0.15) is 0 Å². The number of hydrogen-bond donors (Lipinski definition) is 1. The first-order valence-electron chi connectivity index (χ1n) is 5.72. The molecule has 1 rings (SSSR count). The van der Waals surface area contributed by atoms with E-state index in [-0.39, 0.29) is 11.8 Å². The molecule has 0 saturated carbocycles. The highest BCUT2D eigenvalue weighted by atomic mass is 32.2. The molecule has 4 heteroatoms. The van der Waals surface area contributed by atoms with Crippen molar-refractivity contribution in [3.63, 3.8) is 0 Å². The zero-order chi connectivity index (χ0) is 12.8. The molecule has 1 aromatic rings. The number of ketones is 1. The van der Waals surface area contributed by atoms with Crippen LogP contribution in [0.1, 0.15) is 30.6 Å². The number of anilines is 1. The Bertz CT molecular complexity index is 400. The number of Topliss-reactive ketones (excluding diaryl/α,β-unsaturated/α-hetero) is 1. The molecule has 0 saturated heterocycles. The van der Waals surface area contributed by atoms with Gasteiger partial charge in [-0.25, -0.2) is 0 Å². The molecular weight excluding hydrogens is 234 g/mol. The Morgan fingerprint density at radius 1 is 1.35 bits per heavy atom. The van der Waals surface area contributed by atoms with Gasteiger partial charge in [-0.15, -0.1) is 0 Å². The second-order valence-electron chi connectivity index (χ2n) is 4.14. The van der Waals surface area contributed by atoms with Gasteiger partial charge in [0.15, 0.2) is 5.78 Å². The number of benzene rings is 1. The highest BCUT2D eigenvalue weighted by Gasteiger charge is 2.05. The molecule has 0 spiro atoms. The van der Waals surface area contributed by atoms with Gasteiger partial charge in [0, 0.05) is 46.5 Å². The summed E-state index contributed by atoms with van der Waals surface area (Å²) in [5.41, 5.74) is 1.69. The summed E-state index contributed by atoms with van der Waals surface area (Å²) in [4.78, 5) is 11.4. The van der Waals surface area contributed by atoms with Crippen molar-refractivity contribution in [1.82, 2.24) is 0 Å². The fraction of sp³-hybridized carbons (Fsp3) is 0.462. The average molecular weight is 253 g/mol. The molecule has 17 heavy (non-hydrogen) atoms. The van der Waals surface area contributed by atoms with Crippen molar-refractivity contribution in [1.29, 1.82) is 0 Å². The lowest BCUT2D eigenvalue weighted by Gasteiger charge is -2.13. The minimum absolute atomic E-state index is 0.152. The van der Waals surface area contributed by atoms with Crippen molar-refractivity contribution in [2.45, 2.75) is 26.3 Å². The van der Waals surface area contributed by atoms with Gasteiger partial charge < -0.3 is 5.32 Å².